The highest BCUT2D eigenvalue weighted by Gasteiger charge is 2.08. The third-order valence-corrected chi connectivity index (χ3v) is 2.35. The maximum absolute atomic E-state index is 11.9. The van der Waals surface area contributed by atoms with Gasteiger partial charge in [-0.3, -0.25) is 14.4 Å². The molecule has 2 amide bonds. The van der Waals surface area contributed by atoms with Gasteiger partial charge in [-0.25, -0.2) is 4.98 Å². The molecule has 0 spiro atoms. The first kappa shape index (κ1) is 13.5. The first-order chi connectivity index (χ1) is 9.54. The van der Waals surface area contributed by atoms with E-state index in [4.69, 9.17) is 0 Å². The van der Waals surface area contributed by atoms with E-state index in [2.05, 4.69) is 20.6 Å². The maximum Gasteiger partial charge on any atom is 0.275 e. The van der Waals surface area contributed by atoms with Gasteiger partial charge in [0.25, 0.3) is 11.5 Å². The van der Waals surface area contributed by atoms with Crippen LogP contribution in [0.2, 0.25) is 0 Å². The van der Waals surface area contributed by atoms with Gasteiger partial charge in [0.15, 0.2) is 0 Å². The molecule has 0 aliphatic carbocycles. The van der Waals surface area contributed by atoms with Crippen molar-refractivity contribution in [3.63, 3.8) is 0 Å². The number of rotatable bonds is 3. The van der Waals surface area contributed by atoms with Gasteiger partial charge in [-0.2, -0.15) is 0 Å². The molecule has 1 aromatic carbocycles. The zero-order valence-electron chi connectivity index (χ0n) is 10.6. The summed E-state index contributed by atoms with van der Waals surface area (Å²) in [6.45, 7) is 1.40. The number of amides is 2. The van der Waals surface area contributed by atoms with Gasteiger partial charge in [-0.15, -0.1) is 0 Å². The second kappa shape index (κ2) is 5.79. The zero-order valence-corrected chi connectivity index (χ0v) is 10.6. The Bertz CT molecular complexity index is 688. The number of benzene rings is 1. The van der Waals surface area contributed by atoms with Crippen molar-refractivity contribution in [2.75, 3.05) is 10.6 Å². The molecule has 0 bridgehead atoms. The lowest BCUT2D eigenvalue weighted by Gasteiger charge is -2.07. The van der Waals surface area contributed by atoms with Crippen LogP contribution in [0.1, 0.15) is 17.4 Å². The molecule has 0 saturated heterocycles. The molecule has 0 saturated carbocycles. The fourth-order valence-corrected chi connectivity index (χ4v) is 1.54. The first-order valence-corrected chi connectivity index (χ1v) is 5.78. The normalized spacial score (nSPS) is 9.85. The van der Waals surface area contributed by atoms with Crippen molar-refractivity contribution in [3.05, 3.63) is 52.7 Å². The Morgan fingerprint density at radius 3 is 2.50 bits per heavy atom. The van der Waals surface area contributed by atoms with Gasteiger partial charge in [-0.1, -0.05) is 6.07 Å². The van der Waals surface area contributed by atoms with E-state index >= 15 is 0 Å². The topological polar surface area (TPSA) is 104 Å². The van der Waals surface area contributed by atoms with Crippen LogP contribution in [0.15, 0.2) is 41.5 Å². The van der Waals surface area contributed by atoms with Crippen LogP contribution in [0.25, 0.3) is 0 Å². The Balaban J connectivity index is 2.13. The molecule has 0 radical (unpaired) electrons. The highest BCUT2D eigenvalue weighted by molar-refractivity contribution is 6.03. The van der Waals surface area contributed by atoms with Gasteiger partial charge in [-0.05, 0) is 18.2 Å². The summed E-state index contributed by atoms with van der Waals surface area (Å²) in [7, 11) is 0. The second-order valence-electron chi connectivity index (χ2n) is 4.01. The summed E-state index contributed by atoms with van der Waals surface area (Å²) in [5.41, 5.74) is 0.794. The summed E-state index contributed by atoms with van der Waals surface area (Å²) in [5.74, 6) is -0.656. The van der Waals surface area contributed by atoms with Crippen LogP contribution in [-0.4, -0.2) is 21.8 Å². The van der Waals surface area contributed by atoms with Gasteiger partial charge in [0.2, 0.25) is 5.91 Å². The minimum absolute atomic E-state index is 0.0922. The van der Waals surface area contributed by atoms with E-state index in [1.165, 1.54) is 13.1 Å². The molecule has 0 aliphatic rings. The summed E-state index contributed by atoms with van der Waals surface area (Å²) < 4.78 is 0. The molecule has 1 aromatic heterocycles. The molecule has 20 heavy (non-hydrogen) atoms. The van der Waals surface area contributed by atoms with Crippen molar-refractivity contribution >= 4 is 23.2 Å². The number of H-pyrrole nitrogens is 1. The third kappa shape index (κ3) is 3.52. The van der Waals surface area contributed by atoms with Crippen LogP contribution in [0.4, 0.5) is 11.4 Å². The number of nitrogens with one attached hydrogen (secondary N) is 3. The van der Waals surface area contributed by atoms with Crippen molar-refractivity contribution < 1.29 is 9.59 Å². The second-order valence-corrected chi connectivity index (χ2v) is 4.01. The quantitative estimate of drug-likeness (QED) is 0.774. The molecular formula is C13H12N4O3. The molecule has 0 fully saturated rings. The van der Waals surface area contributed by atoms with Crippen molar-refractivity contribution in [1.82, 2.24) is 9.97 Å². The van der Waals surface area contributed by atoms with Crippen molar-refractivity contribution in [2.24, 2.45) is 0 Å². The van der Waals surface area contributed by atoms with Gasteiger partial charge in [0, 0.05) is 24.5 Å². The molecule has 7 heteroatoms. The Morgan fingerprint density at radius 2 is 1.90 bits per heavy atom. The smallest absolute Gasteiger partial charge is 0.275 e. The molecule has 0 unspecified atom stereocenters. The van der Waals surface area contributed by atoms with Gasteiger partial charge < -0.3 is 15.6 Å². The summed E-state index contributed by atoms with van der Waals surface area (Å²) >= 11 is 0. The van der Waals surface area contributed by atoms with Crippen LogP contribution in [-0.2, 0) is 4.79 Å². The van der Waals surface area contributed by atoms with Crippen LogP contribution in [0.3, 0.4) is 0 Å². The molecule has 3 N–H and O–H groups in total. The Labute approximate surface area is 114 Å². The lowest BCUT2D eigenvalue weighted by molar-refractivity contribution is -0.114. The number of nitrogens with zero attached hydrogens (tertiary/aromatic N) is 1. The van der Waals surface area contributed by atoms with E-state index in [0.717, 1.165) is 6.20 Å². The fraction of sp³-hybridized carbons (Fsp3) is 0.0769. The summed E-state index contributed by atoms with van der Waals surface area (Å²) in [5, 5.41) is 5.23. The Kier molecular flexibility index (Phi) is 3.90. The molecule has 0 aliphatic heterocycles. The number of carbonyl (C=O) groups excluding carboxylic acids is 2. The van der Waals surface area contributed by atoms with Crippen LogP contribution < -0.4 is 16.2 Å². The first-order valence-electron chi connectivity index (χ1n) is 5.78. The summed E-state index contributed by atoms with van der Waals surface area (Å²) in [4.78, 5) is 39.8. The molecule has 7 nitrogen and oxygen atoms in total. The van der Waals surface area contributed by atoms with E-state index in [-0.39, 0.29) is 17.2 Å². The Hall–Kier alpha value is -2.96. The van der Waals surface area contributed by atoms with Gasteiger partial charge in [0.1, 0.15) is 5.69 Å². The molecule has 2 aromatic rings. The van der Waals surface area contributed by atoms with Crippen molar-refractivity contribution in [3.8, 4) is 0 Å². The predicted octanol–water partition coefficient (Wildman–Crippen LogP) is 0.981. The van der Waals surface area contributed by atoms with Crippen LogP contribution in [0.5, 0.6) is 0 Å². The number of anilines is 2. The fourth-order valence-electron chi connectivity index (χ4n) is 1.54. The highest BCUT2D eigenvalue weighted by Crippen LogP contribution is 2.15. The Morgan fingerprint density at radius 1 is 1.20 bits per heavy atom. The number of aromatic nitrogens is 2. The number of hydrogen-bond donors (Lipinski definition) is 3. The SMILES string of the molecule is CC(=O)Nc1cccc(NC(=O)c2c[nH]c(=O)cn2)c1. The standard InChI is InChI=1S/C13H12N4O3/c1-8(18)16-9-3-2-4-10(5-9)17-13(20)11-6-15-12(19)7-14-11/h2-7H,1H3,(H,15,19)(H,16,18)(H,17,20). The number of aromatic amines is 1. The van der Waals surface area contributed by atoms with E-state index < -0.39 is 5.91 Å². The average Bonchev–Trinajstić information content (AvgIpc) is 2.39. The highest BCUT2D eigenvalue weighted by atomic mass is 16.2. The average molecular weight is 272 g/mol. The van der Waals surface area contributed by atoms with Crippen molar-refractivity contribution in [1.29, 1.82) is 0 Å². The van der Waals surface area contributed by atoms with Crippen LogP contribution >= 0.6 is 0 Å². The van der Waals surface area contributed by atoms with E-state index in [1.807, 2.05) is 0 Å². The third-order valence-electron chi connectivity index (χ3n) is 2.35. The molecule has 0 atom stereocenters. The molecule has 1 heterocycles. The minimum Gasteiger partial charge on any atom is -0.326 e. The largest absolute Gasteiger partial charge is 0.326 e. The lowest BCUT2D eigenvalue weighted by atomic mass is 10.2. The minimum atomic E-state index is -0.457. The van der Waals surface area contributed by atoms with E-state index in [9.17, 15) is 14.4 Å². The predicted molar refractivity (Wildman–Crippen MR) is 73.6 cm³/mol. The van der Waals surface area contributed by atoms with Gasteiger partial charge in [0.05, 0.1) is 6.20 Å². The monoisotopic (exact) mass is 272 g/mol. The number of carbonyl (C=O) groups is 2. The maximum atomic E-state index is 11.9. The molecular weight excluding hydrogens is 260 g/mol. The summed E-state index contributed by atoms with van der Waals surface area (Å²) in [6.07, 6.45) is 2.26. The van der Waals surface area contributed by atoms with E-state index in [0.29, 0.717) is 11.4 Å². The molecule has 102 valence electrons. The van der Waals surface area contributed by atoms with Gasteiger partial charge >= 0.3 is 0 Å². The van der Waals surface area contributed by atoms with Crippen LogP contribution in [0, 0.1) is 0 Å². The number of hydrogen-bond acceptors (Lipinski definition) is 4. The summed E-state index contributed by atoms with van der Waals surface area (Å²) in [6, 6.07) is 6.69. The molecule has 2 rings (SSSR count). The van der Waals surface area contributed by atoms with E-state index in [1.54, 1.807) is 24.3 Å². The zero-order chi connectivity index (χ0) is 14.5. The lowest BCUT2D eigenvalue weighted by Crippen LogP contribution is -2.17. The van der Waals surface area contributed by atoms with Crippen molar-refractivity contribution in [2.45, 2.75) is 6.92 Å².